The van der Waals surface area contributed by atoms with Crippen LogP contribution in [0, 0.1) is 0 Å². The Morgan fingerprint density at radius 3 is 2.62 bits per heavy atom. The van der Waals surface area contributed by atoms with Crippen LogP contribution < -0.4 is 0 Å². The molecule has 0 aliphatic carbocycles. The van der Waals surface area contributed by atoms with Crippen molar-refractivity contribution in [1.29, 1.82) is 0 Å². The Balaban J connectivity index is 2.54. The van der Waals surface area contributed by atoms with Gasteiger partial charge in [0.05, 0.1) is 6.54 Å². The average Bonchev–Trinajstić information content (AvgIpc) is 2.28. The molecule has 0 radical (unpaired) electrons. The first-order valence-corrected chi connectivity index (χ1v) is 5.94. The van der Waals surface area contributed by atoms with Gasteiger partial charge < -0.3 is 4.55 Å². The molecule has 1 aliphatic rings. The molecule has 0 aromatic heterocycles. The molecule has 13 heavy (non-hydrogen) atoms. The maximum absolute atomic E-state index is 12.0. The summed E-state index contributed by atoms with van der Waals surface area (Å²) in [5.74, 6) is 0. The number of allylic oxidation sites excluding steroid dienone is 1. The van der Waals surface area contributed by atoms with E-state index in [0.29, 0.717) is 0 Å². The van der Waals surface area contributed by atoms with E-state index in [9.17, 15) is 4.55 Å². The molecule has 1 atom stereocenters. The summed E-state index contributed by atoms with van der Waals surface area (Å²) >= 11 is -0.853. The van der Waals surface area contributed by atoms with Gasteiger partial charge in [0.1, 0.15) is 4.75 Å². The van der Waals surface area contributed by atoms with Crippen molar-refractivity contribution in [3.63, 3.8) is 0 Å². The molecular weight excluding hydrogens is 182 g/mol. The van der Waals surface area contributed by atoms with Crippen molar-refractivity contribution in [2.24, 2.45) is 0 Å². The Bertz CT molecular complexity index is 186. The third-order valence-electron chi connectivity index (χ3n) is 2.01. The lowest BCUT2D eigenvalue weighted by Crippen LogP contribution is -2.43. The summed E-state index contributed by atoms with van der Waals surface area (Å²) in [6.45, 7) is 7.87. The van der Waals surface area contributed by atoms with E-state index in [4.69, 9.17) is 0 Å². The van der Waals surface area contributed by atoms with E-state index >= 15 is 0 Å². The Morgan fingerprint density at radius 1 is 1.31 bits per heavy atom. The van der Waals surface area contributed by atoms with Crippen LogP contribution in [0.4, 0.5) is 0 Å². The van der Waals surface area contributed by atoms with Crippen molar-refractivity contribution in [3.8, 4) is 0 Å². The lowest BCUT2D eigenvalue weighted by atomic mass is 10.3. The Labute approximate surface area is 84.3 Å². The molecule has 0 aromatic carbocycles. The molecule has 2 nitrogen and oxygen atoms in total. The summed E-state index contributed by atoms with van der Waals surface area (Å²) in [5.41, 5.74) is 0. The van der Waals surface area contributed by atoms with Crippen molar-refractivity contribution >= 4 is 11.4 Å². The van der Waals surface area contributed by atoms with Gasteiger partial charge in [0.2, 0.25) is 0 Å². The monoisotopic (exact) mass is 201 g/mol. The molecule has 76 valence electrons. The van der Waals surface area contributed by atoms with Gasteiger partial charge in [-0.25, -0.2) is 0 Å². The molecule has 0 saturated carbocycles. The first-order valence-electron chi connectivity index (χ1n) is 4.84. The summed E-state index contributed by atoms with van der Waals surface area (Å²) in [6.07, 6.45) is 6.55. The fraction of sp³-hybridized carbons (Fsp3) is 0.800. The quantitative estimate of drug-likeness (QED) is 0.480. The van der Waals surface area contributed by atoms with E-state index in [2.05, 4.69) is 16.5 Å². The van der Waals surface area contributed by atoms with Crippen LogP contribution >= 0.6 is 0 Å². The molecular formula is C10H19NOS. The number of hydrogen-bond acceptors (Lipinski definition) is 2. The highest BCUT2D eigenvalue weighted by molar-refractivity contribution is 7.90. The van der Waals surface area contributed by atoms with Crippen LogP contribution in [-0.4, -0.2) is 26.7 Å². The summed E-state index contributed by atoms with van der Waals surface area (Å²) in [4.78, 5) is 0. The topological polar surface area (TPSA) is 26.3 Å². The highest BCUT2D eigenvalue weighted by Crippen LogP contribution is 2.21. The molecule has 1 aliphatic heterocycles. The lowest BCUT2D eigenvalue weighted by Gasteiger charge is -2.31. The van der Waals surface area contributed by atoms with E-state index in [1.54, 1.807) is 0 Å². The second-order valence-corrected chi connectivity index (χ2v) is 6.60. The van der Waals surface area contributed by atoms with Crippen molar-refractivity contribution in [2.75, 3.05) is 13.1 Å². The zero-order valence-electron chi connectivity index (χ0n) is 8.75. The fourth-order valence-corrected chi connectivity index (χ4v) is 2.62. The molecule has 1 rings (SSSR count). The van der Waals surface area contributed by atoms with Crippen molar-refractivity contribution in [3.05, 3.63) is 12.2 Å². The zero-order valence-corrected chi connectivity index (χ0v) is 9.56. The molecule has 1 heterocycles. The van der Waals surface area contributed by atoms with Crippen LogP contribution in [-0.2, 0) is 11.4 Å². The van der Waals surface area contributed by atoms with Gasteiger partial charge in [-0.2, -0.15) is 0 Å². The Hall–Kier alpha value is 0.0100. The van der Waals surface area contributed by atoms with Gasteiger partial charge in [0, 0.05) is 17.9 Å². The molecule has 0 N–H and O–H groups in total. The largest absolute Gasteiger partial charge is 0.597 e. The second-order valence-electron chi connectivity index (χ2n) is 4.36. The minimum Gasteiger partial charge on any atom is -0.597 e. The van der Waals surface area contributed by atoms with E-state index in [0.717, 1.165) is 25.9 Å². The van der Waals surface area contributed by atoms with E-state index < -0.39 is 11.4 Å². The predicted octanol–water partition coefficient (Wildman–Crippen LogP) is 2.10. The highest BCUT2D eigenvalue weighted by atomic mass is 32.2. The first-order chi connectivity index (χ1) is 6.02. The summed E-state index contributed by atoms with van der Waals surface area (Å²) in [6, 6.07) is 0. The van der Waals surface area contributed by atoms with Gasteiger partial charge in [-0.05, 0) is 33.6 Å². The van der Waals surface area contributed by atoms with Crippen LogP contribution in [0.25, 0.3) is 0 Å². The Kier molecular flexibility index (Phi) is 3.83. The minimum atomic E-state index is -0.853. The van der Waals surface area contributed by atoms with Crippen molar-refractivity contribution in [2.45, 2.75) is 38.4 Å². The lowest BCUT2D eigenvalue weighted by molar-refractivity contribution is 0.421. The van der Waals surface area contributed by atoms with Gasteiger partial charge in [-0.15, -0.1) is 4.31 Å². The molecule has 0 bridgehead atoms. The van der Waals surface area contributed by atoms with Crippen molar-refractivity contribution < 1.29 is 4.55 Å². The number of rotatable bonds is 1. The third kappa shape index (κ3) is 3.33. The van der Waals surface area contributed by atoms with E-state index in [1.165, 1.54) is 0 Å². The first kappa shape index (κ1) is 11.1. The van der Waals surface area contributed by atoms with E-state index in [1.807, 2.05) is 20.8 Å². The average molecular weight is 201 g/mol. The third-order valence-corrected chi connectivity index (χ3v) is 3.86. The summed E-state index contributed by atoms with van der Waals surface area (Å²) in [7, 11) is 0. The van der Waals surface area contributed by atoms with E-state index in [-0.39, 0.29) is 4.75 Å². The van der Waals surface area contributed by atoms with Gasteiger partial charge >= 0.3 is 0 Å². The molecule has 1 unspecified atom stereocenters. The smallest absolute Gasteiger partial charge is 0.137 e. The number of hydrogen-bond donors (Lipinski definition) is 0. The van der Waals surface area contributed by atoms with Crippen LogP contribution in [0.2, 0.25) is 0 Å². The maximum Gasteiger partial charge on any atom is 0.137 e. The zero-order chi connectivity index (χ0) is 9.90. The van der Waals surface area contributed by atoms with Gasteiger partial charge in [-0.3, -0.25) is 0 Å². The maximum atomic E-state index is 12.0. The van der Waals surface area contributed by atoms with Crippen LogP contribution in [0.1, 0.15) is 33.6 Å². The van der Waals surface area contributed by atoms with Crippen LogP contribution in [0.5, 0.6) is 0 Å². The summed E-state index contributed by atoms with van der Waals surface area (Å²) in [5, 5.41) is 0. The fourth-order valence-electron chi connectivity index (χ4n) is 1.32. The molecule has 3 heteroatoms. The minimum absolute atomic E-state index is 0.127. The molecule has 0 saturated heterocycles. The van der Waals surface area contributed by atoms with Crippen LogP contribution in [0.3, 0.4) is 0 Å². The molecule has 0 amide bonds. The summed E-state index contributed by atoms with van der Waals surface area (Å²) < 4.78 is 13.9. The van der Waals surface area contributed by atoms with Gasteiger partial charge in [0.15, 0.2) is 0 Å². The Morgan fingerprint density at radius 2 is 2.00 bits per heavy atom. The predicted molar refractivity (Wildman–Crippen MR) is 57.8 cm³/mol. The normalized spacial score (nSPS) is 22.8. The van der Waals surface area contributed by atoms with Crippen molar-refractivity contribution in [1.82, 2.24) is 4.31 Å². The molecule has 0 spiro atoms. The van der Waals surface area contributed by atoms with Gasteiger partial charge in [-0.1, -0.05) is 12.2 Å². The van der Waals surface area contributed by atoms with Gasteiger partial charge in [0.25, 0.3) is 0 Å². The standard InChI is InChI=1S/C10H19NOS/c1-10(2,3)13(12)11-8-6-4-5-7-9-11/h4,6H,5,7-9H2,1-3H3. The van der Waals surface area contributed by atoms with Crippen LogP contribution in [0.15, 0.2) is 12.2 Å². The second kappa shape index (κ2) is 4.49. The highest BCUT2D eigenvalue weighted by Gasteiger charge is 2.32. The SMILES string of the molecule is CC(C)(C)[S+]([O-])N1CC=CCCC1. The molecule has 0 aromatic rings. The molecule has 0 fully saturated rings. The number of nitrogens with zero attached hydrogens (tertiary/aromatic N) is 1.